The minimum Gasteiger partial charge on any atom is -0.464 e. The first-order valence-electron chi connectivity index (χ1n) is 20.6. The molecule has 0 radical (unpaired) electrons. The van der Waals surface area contributed by atoms with Gasteiger partial charge in [0.25, 0.3) is 5.91 Å². The Hall–Kier alpha value is -7.19. The third-order valence-electron chi connectivity index (χ3n) is 8.70. The molecule has 0 spiro atoms. The van der Waals surface area contributed by atoms with Crippen LogP contribution in [0.1, 0.15) is 130 Å². The summed E-state index contributed by atoms with van der Waals surface area (Å²) in [5.41, 5.74) is -0.342. The van der Waals surface area contributed by atoms with Crippen LogP contribution in [0.15, 0.2) is 73.1 Å². The molecule has 0 bridgehead atoms. The molecule has 4 amide bonds. The van der Waals surface area contributed by atoms with Crippen molar-refractivity contribution in [2.24, 2.45) is 0 Å². The second kappa shape index (κ2) is 22.2. The van der Waals surface area contributed by atoms with Gasteiger partial charge < -0.3 is 57.9 Å². The molecule has 5 aromatic rings. The van der Waals surface area contributed by atoms with Crippen LogP contribution in [-0.2, 0) is 25.6 Å². The molecule has 1 aromatic carbocycles. The van der Waals surface area contributed by atoms with Crippen molar-refractivity contribution in [1.82, 2.24) is 41.2 Å². The molecule has 5 rings (SSSR count). The van der Waals surface area contributed by atoms with Crippen molar-refractivity contribution in [1.29, 1.82) is 0 Å². The number of oxazole rings is 4. The molecule has 4 heterocycles. The first-order valence-corrected chi connectivity index (χ1v) is 20.6. The highest BCUT2D eigenvalue weighted by Gasteiger charge is 2.27. The van der Waals surface area contributed by atoms with Crippen molar-refractivity contribution in [3.63, 3.8) is 0 Å². The van der Waals surface area contributed by atoms with E-state index in [4.69, 9.17) is 31.9 Å². The summed E-state index contributed by atoms with van der Waals surface area (Å²) < 4.78 is 43.3. The Bertz CT molecular complexity index is 2300. The normalized spacial score (nSPS) is 12.4. The number of unbranched alkanes of at least 4 members (excludes halogenated alkanes) is 2. The Labute approximate surface area is 368 Å². The van der Waals surface area contributed by atoms with Gasteiger partial charge in [0.15, 0.2) is 22.8 Å². The zero-order valence-corrected chi connectivity index (χ0v) is 36.8. The zero-order chi connectivity index (χ0) is 46.3. The van der Waals surface area contributed by atoms with E-state index in [2.05, 4.69) is 45.9 Å². The molecule has 0 aliphatic rings. The summed E-state index contributed by atoms with van der Waals surface area (Å²) in [6.07, 6.45) is 5.85. The molecule has 0 aliphatic heterocycles. The van der Waals surface area contributed by atoms with E-state index in [-0.39, 0.29) is 52.9 Å². The fourth-order valence-electron chi connectivity index (χ4n) is 5.79. The average molecular weight is 891 g/mol. The van der Waals surface area contributed by atoms with Gasteiger partial charge in [0.1, 0.15) is 54.9 Å². The summed E-state index contributed by atoms with van der Waals surface area (Å²) in [5.74, 6) is -1.16. The third kappa shape index (κ3) is 15.3. The lowest BCUT2D eigenvalue weighted by atomic mass is 10.1. The number of methoxy groups -OCH3 is 1. The van der Waals surface area contributed by atoms with Gasteiger partial charge in [-0.2, -0.15) is 0 Å². The fraction of sp³-hybridized carbons (Fsp3) is 0.465. The smallest absolute Gasteiger partial charge is 0.408 e. The van der Waals surface area contributed by atoms with Crippen LogP contribution >= 0.6 is 0 Å². The van der Waals surface area contributed by atoms with Crippen LogP contribution in [0.4, 0.5) is 14.4 Å². The maximum atomic E-state index is 13.7. The predicted octanol–water partition coefficient (Wildman–Crippen LogP) is 7.59. The third-order valence-corrected chi connectivity index (χ3v) is 8.70. The molecule has 21 heteroatoms. The first-order chi connectivity index (χ1) is 30.5. The van der Waals surface area contributed by atoms with E-state index in [9.17, 15) is 24.0 Å². The highest BCUT2D eigenvalue weighted by Crippen LogP contribution is 2.27. The van der Waals surface area contributed by atoms with Crippen LogP contribution in [0.25, 0.3) is 23.2 Å². The Morgan fingerprint density at radius 3 is 1.62 bits per heavy atom. The molecule has 0 saturated carbocycles. The number of ether oxygens (including phenoxy) is 4. The van der Waals surface area contributed by atoms with Gasteiger partial charge >= 0.3 is 24.2 Å². The van der Waals surface area contributed by atoms with Gasteiger partial charge in [-0.15, -0.1) is 0 Å². The Kier molecular flexibility index (Phi) is 16.6. The minimum absolute atomic E-state index is 0.00752. The maximum absolute atomic E-state index is 13.7. The van der Waals surface area contributed by atoms with E-state index in [1.165, 1.54) is 19.6 Å². The number of benzene rings is 1. The molecule has 0 fully saturated rings. The number of hydrogen-bond acceptors (Lipinski definition) is 17. The van der Waals surface area contributed by atoms with Gasteiger partial charge in [-0.05, 0) is 85.6 Å². The van der Waals surface area contributed by atoms with Crippen LogP contribution in [-0.4, -0.2) is 81.5 Å². The van der Waals surface area contributed by atoms with E-state index in [0.29, 0.717) is 51.6 Å². The highest BCUT2D eigenvalue weighted by atomic mass is 16.6. The van der Waals surface area contributed by atoms with Crippen molar-refractivity contribution in [2.75, 3.05) is 20.2 Å². The second-order valence-electron chi connectivity index (χ2n) is 16.3. The van der Waals surface area contributed by atoms with Crippen LogP contribution < -0.4 is 21.3 Å². The van der Waals surface area contributed by atoms with Crippen LogP contribution in [0.3, 0.4) is 0 Å². The number of aromatic nitrogens is 4. The molecule has 344 valence electrons. The first kappa shape index (κ1) is 47.9. The van der Waals surface area contributed by atoms with Gasteiger partial charge in [-0.1, -0.05) is 30.3 Å². The molecule has 0 unspecified atom stereocenters. The Morgan fingerprint density at radius 2 is 1.11 bits per heavy atom. The van der Waals surface area contributed by atoms with Crippen LogP contribution in [0, 0.1) is 0 Å². The minimum atomic E-state index is -0.801. The number of esters is 1. The molecule has 4 N–H and O–H groups in total. The number of alkyl carbamates (subject to hydrolysis) is 3. The van der Waals surface area contributed by atoms with E-state index >= 15 is 0 Å². The molecule has 0 aliphatic carbocycles. The number of rotatable bonds is 20. The average Bonchev–Trinajstić information content (AvgIpc) is 4.08. The van der Waals surface area contributed by atoms with Crippen molar-refractivity contribution in [3.05, 3.63) is 84.1 Å². The lowest BCUT2D eigenvalue weighted by molar-refractivity contribution is 0.0515. The number of nitrogens with one attached hydrogen (secondary N) is 4. The summed E-state index contributed by atoms with van der Waals surface area (Å²) in [6, 6.07) is 7.65. The molecule has 2 atom stereocenters. The molecule has 64 heavy (non-hydrogen) atoms. The van der Waals surface area contributed by atoms with E-state index in [1.807, 2.05) is 30.3 Å². The van der Waals surface area contributed by atoms with Crippen LogP contribution in [0.5, 0.6) is 0 Å². The van der Waals surface area contributed by atoms with Gasteiger partial charge in [-0.25, -0.2) is 39.1 Å². The van der Waals surface area contributed by atoms with Gasteiger partial charge in [0, 0.05) is 13.1 Å². The molecule has 0 saturated heterocycles. The topological polar surface area (TPSA) is 275 Å². The fourth-order valence-corrected chi connectivity index (χ4v) is 5.79. The van der Waals surface area contributed by atoms with Crippen LogP contribution in [0.2, 0.25) is 0 Å². The number of hydrogen-bond donors (Lipinski definition) is 4. The van der Waals surface area contributed by atoms with Crippen molar-refractivity contribution in [3.8, 4) is 23.2 Å². The Balaban J connectivity index is 1.25. The number of amides is 4. The second-order valence-corrected chi connectivity index (χ2v) is 16.3. The molecular weight excluding hydrogens is 837 g/mol. The SMILES string of the molecule is COC(=O)c1coc(-c2coc([C@H](CCCCNC(=O)OC(C)(C)C)NC(=O)c3coc(-c4coc([C@H](CCCCNC(=O)OC(C)(C)C)NC(=O)OCc5ccccc5)n4)n3)n2)n1. The van der Waals surface area contributed by atoms with E-state index in [1.54, 1.807) is 41.5 Å². The predicted molar refractivity (Wildman–Crippen MR) is 224 cm³/mol. The summed E-state index contributed by atoms with van der Waals surface area (Å²) >= 11 is 0. The van der Waals surface area contributed by atoms with Crippen molar-refractivity contribution in [2.45, 2.75) is 110 Å². The largest absolute Gasteiger partial charge is 0.464 e. The molecule has 4 aromatic heterocycles. The van der Waals surface area contributed by atoms with E-state index in [0.717, 1.165) is 18.1 Å². The van der Waals surface area contributed by atoms with Gasteiger partial charge in [-0.3, -0.25) is 4.79 Å². The summed E-state index contributed by atoms with van der Waals surface area (Å²) in [4.78, 5) is 80.1. The molecular formula is C43H54N8O13. The summed E-state index contributed by atoms with van der Waals surface area (Å²) in [7, 11) is 1.21. The number of nitrogens with zero attached hydrogens (tertiary/aromatic N) is 4. The van der Waals surface area contributed by atoms with Gasteiger partial charge in [0.2, 0.25) is 23.6 Å². The summed E-state index contributed by atoms with van der Waals surface area (Å²) in [5, 5.41) is 11.1. The maximum Gasteiger partial charge on any atom is 0.408 e. The number of carbonyl (C=O) groups is 5. The van der Waals surface area contributed by atoms with Crippen molar-refractivity contribution < 1.29 is 60.6 Å². The monoisotopic (exact) mass is 890 g/mol. The van der Waals surface area contributed by atoms with Gasteiger partial charge in [0.05, 0.1) is 7.11 Å². The quantitative estimate of drug-likeness (QED) is 0.0333. The standard InChI is InChI=1S/C43H54N8O13/c1-42(2,3)63-39(54)44-19-13-11-17-27(34-48-31(24-59-34)37-50-32(25-61-37)38(53)57-7)46-33(52)29-22-58-36(47-29)30-23-60-35(49-30)28(18-12-14-20-45-40(55)64-43(4,5)6)51-41(56)62-21-26-15-9-8-10-16-26/h8-10,15-16,22-25,27-28H,11-14,17-21H2,1-7H3,(H,44,54)(H,45,55)(H,46,52)(H,51,56)/t27-,28-/m0/s1. The van der Waals surface area contributed by atoms with E-state index < -0.39 is 53.4 Å². The molecule has 21 nitrogen and oxygen atoms in total. The Morgan fingerprint density at radius 1 is 0.609 bits per heavy atom. The lowest BCUT2D eigenvalue weighted by Crippen LogP contribution is -2.33. The zero-order valence-electron chi connectivity index (χ0n) is 36.8. The highest BCUT2D eigenvalue weighted by molar-refractivity contribution is 5.92. The summed E-state index contributed by atoms with van der Waals surface area (Å²) in [6.45, 7) is 11.3. The number of carbonyl (C=O) groups excluding carboxylic acids is 5. The lowest BCUT2D eigenvalue weighted by Gasteiger charge is -2.20. The van der Waals surface area contributed by atoms with Crippen molar-refractivity contribution >= 4 is 30.2 Å².